The molecule has 4 heteroatoms. The second-order valence-electron chi connectivity index (χ2n) is 6.72. The minimum Gasteiger partial charge on any atom is -0.493 e. The summed E-state index contributed by atoms with van der Waals surface area (Å²) in [4.78, 5) is 14.8. The maximum absolute atomic E-state index is 12.7. The third-order valence-electron chi connectivity index (χ3n) is 5.31. The molecule has 1 amide bonds. The van der Waals surface area contributed by atoms with Crippen molar-refractivity contribution >= 4 is 5.91 Å². The maximum atomic E-state index is 12.7. The fourth-order valence-electron chi connectivity index (χ4n) is 4.14. The summed E-state index contributed by atoms with van der Waals surface area (Å²) in [5.41, 5.74) is 8.04. The fraction of sp³-hybridized carbons (Fsp3) is 0.588. The Bertz CT molecular complexity index is 572. The molecule has 2 heterocycles. The molecule has 4 rings (SSSR count). The zero-order valence-electron chi connectivity index (χ0n) is 12.3. The summed E-state index contributed by atoms with van der Waals surface area (Å²) in [5, 5.41) is 0. The van der Waals surface area contributed by atoms with Crippen LogP contribution in [0.2, 0.25) is 0 Å². The molecule has 2 N–H and O–H groups in total. The van der Waals surface area contributed by atoms with Crippen LogP contribution >= 0.6 is 0 Å². The van der Waals surface area contributed by atoms with E-state index in [1.54, 1.807) is 0 Å². The summed E-state index contributed by atoms with van der Waals surface area (Å²) in [6.07, 6.45) is 4.27. The number of carbonyl (C=O) groups excluding carboxylic acids is 1. The summed E-state index contributed by atoms with van der Waals surface area (Å²) in [7, 11) is 0. The van der Waals surface area contributed by atoms with Crippen LogP contribution in [0.3, 0.4) is 0 Å². The van der Waals surface area contributed by atoms with Gasteiger partial charge in [0, 0.05) is 31.1 Å². The van der Waals surface area contributed by atoms with Crippen molar-refractivity contribution in [2.75, 3.05) is 19.7 Å². The maximum Gasteiger partial charge on any atom is 0.253 e. The van der Waals surface area contributed by atoms with Crippen LogP contribution in [0.25, 0.3) is 0 Å². The van der Waals surface area contributed by atoms with E-state index >= 15 is 0 Å². The lowest BCUT2D eigenvalue weighted by Gasteiger charge is -2.27. The van der Waals surface area contributed by atoms with Gasteiger partial charge in [-0.2, -0.15) is 0 Å². The van der Waals surface area contributed by atoms with E-state index < -0.39 is 0 Å². The van der Waals surface area contributed by atoms with Crippen molar-refractivity contribution in [1.82, 2.24) is 4.90 Å². The van der Waals surface area contributed by atoms with Crippen molar-refractivity contribution in [1.29, 1.82) is 0 Å². The van der Waals surface area contributed by atoms with Crippen LogP contribution in [0, 0.1) is 11.8 Å². The minimum absolute atomic E-state index is 0.174. The second kappa shape index (κ2) is 5.02. The first-order valence-electron chi connectivity index (χ1n) is 8.01. The van der Waals surface area contributed by atoms with Crippen LogP contribution in [0.1, 0.15) is 35.2 Å². The highest BCUT2D eigenvalue weighted by Crippen LogP contribution is 2.36. The molecule has 0 radical (unpaired) electrons. The Morgan fingerprint density at radius 1 is 1.24 bits per heavy atom. The van der Waals surface area contributed by atoms with E-state index in [9.17, 15) is 4.79 Å². The Morgan fingerprint density at radius 2 is 2.10 bits per heavy atom. The third kappa shape index (κ3) is 2.31. The molecule has 0 spiro atoms. The van der Waals surface area contributed by atoms with Crippen molar-refractivity contribution < 1.29 is 9.53 Å². The van der Waals surface area contributed by atoms with E-state index in [1.165, 1.54) is 12.0 Å². The summed E-state index contributed by atoms with van der Waals surface area (Å²) in [5.74, 6) is 2.38. The van der Waals surface area contributed by atoms with Crippen molar-refractivity contribution in [3.05, 3.63) is 29.3 Å². The van der Waals surface area contributed by atoms with Gasteiger partial charge >= 0.3 is 0 Å². The first-order chi connectivity index (χ1) is 10.2. The van der Waals surface area contributed by atoms with Gasteiger partial charge in [-0.05, 0) is 54.9 Å². The van der Waals surface area contributed by atoms with Gasteiger partial charge in [0.05, 0.1) is 6.61 Å². The smallest absolute Gasteiger partial charge is 0.253 e. The van der Waals surface area contributed by atoms with Gasteiger partial charge in [0.2, 0.25) is 0 Å². The lowest BCUT2D eigenvalue weighted by Crippen LogP contribution is -2.32. The molecule has 1 aromatic rings. The number of likely N-dealkylation sites (tertiary alicyclic amines) is 1. The molecular weight excluding hydrogens is 264 g/mol. The number of hydrogen-bond acceptors (Lipinski definition) is 3. The number of benzene rings is 1. The van der Waals surface area contributed by atoms with Crippen LogP contribution in [0.4, 0.5) is 0 Å². The van der Waals surface area contributed by atoms with Gasteiger partial charge in [0.15, 0.2) is 0 Å². The third-order valence-corrected chi connectivity index (χ3v) is 5.31. The van der Waals surface area contributed by atoms with E-state index in [-0.39, 0.29) is 5.91 Å². The van der Waals surface area contributed by atoms with Gasteiger partial charge in [-0.15, -0.1) is 0 Å². The zero-order chi connectivity index (χ0) is 14.4. The quantitative estimate of drug-likeness (QED) is 0.857. The van der Waals surface area contributed by atoms with Crippen molar-refractivity contribution in [2.45, 2.75) is 31.7 Å². The molecule has 112 valence electrons. The van der Waals surface area contributed by atoms with E-state index in [4.69, 9.17) is 10.5 Å². The molecule has 1 aliphatic carbocycles. The average Bonchev–Trinajstić information content (AvgIpc) is 3.11. The lowest BCUT2D eigenvalue weighted by molar-refractivity contribution is 0.0784. The average molecular weight is 286 g/mol. The predicted molar refractivity (Wildman–Crippen MR) is 80.4 cm³/mol. The van der Waals surface area contributed by atoms with Gasteiger partial charge in [-0.25, -0.2) is 0 Å². The predicted octanol–water partition coefficient (Wildman–Crippen LogP) is 1.82. The van der Waals surface area contributed by atoms with Gasteiger partial charge in [0.25, 0.3) is 5.91 Å². The number of nitrogens with two attached hydrogens (primary N) is 1. The summed E-state index contributed by atoms with van der Waals surface area (Å²) in [6.45, 7) is 2.52. The summed E-state index contributed by atoms with van der Waals surface area (Å²) < 4.78 is 5.51. The highest BCUT2D eigenvalue weighted by atomic mass is 16.5. The Hall–Kier alpha value is -1.55. The monoisotopic (exact) mass is 286 g/mol. The Labute approximate surface area is 125 Å². The topological polar surface area (TPSA) is 55.6 Å². The highest BCUT2D eigenvalue weighted by molar-refractivity contribution is 5.94. The van der Waals surface area contributed by atoms with E-state index in [2.05, 4.69) is 0 Å². The molecule has 3 atom stereocenters. The van der Waals surface area contributed by atoms with Crippen LogP contribution in [-0.4, -0.2) is 36.5 Å². The Morgan fingerprint density at radius 3 is 3.00 bits per heavy atom. The Balaban J connectivity index is 1.50. The first-order valence-corrected chi connectivity index (χ1v) is 8.01. The molecular formula is C17H22N2O2. The molecule has 0 bridgehead atoms. The van der Waals surface area contributed by atoms with Crippen LogP contribution < -0.4 is 10.5 Å². The first kappa shape index (κ1) is 13.1. The molecule has 4 nitrogen and oxygen atoms in total. The number of hydrogen-bond donors (Lipinski definition) is 1. The molecule has 0 aromatic heterocycles. The second-order valence-corrected chi connectivity index (χ2v) is 6.72. The van der Waals surface area contributed by atoms with E-state index in [0.717, 1.165) is 50.3 Å². The molecule has 2 aliphatic heterocycles. The van der Waals surface area contributed by atoms with Gasteiger partial charge in [-0.3, -0.25) is 4.79 Å². The number of amides is 1. The number of nitrogens with zero attached hydrogens (tertiary/aromatic N) is 1. The van der Waals surface area contributed by atoms with Crippen molar-refractivity contribution in [2.24, 2.45) is 17.6 Å². The number of carbonyl (C=O) groups is 1. The van der Waals surface area contributed by atoms with Gasteiger partial charge in [-0.1, -0.05) is 0 Å². The SMILES string of the molecule is NC1CC[C@@H]2CN(C(=O)c3ccc4c(c3)CCO4)C[C@@H]2C1. The summed E-state index contributed by atoms with van der Waals surface area (Å²) in [6, 6.07) is 6.19. The number of rotatable bonds is 1. The van der Waals surface area contributed by atoms with Crippen molar-refractivity contribution in [3.63, 3.8) is 0 Å². The fourth-order valence-corrected chi connectivity index (χ4v) is 4.14. The lowest BCUT2D eigenvalue weighted by atomic mass is 9.79. The molecule has 1 saturated carbocycles. The molecule has 1 saturated heterocycles. The molecule has 21 heavy (non-hydrogen) atoms. The van der Waals surface area contributed by atoms with E-state index in [0.29, 0.717) is 17.9 Å². The Kier molecular flexibility index (Phi) is 3.14. The molecule has 1 aromatic carbocycles. The molecule has 2 fully saturated rings. The number of fused-ring (bicyclic) bond motifs is 2. The van der Waals surface area contributed by atoms with Crippen LogP contribution in [0.5, 0.6) is 5.75 Å². The highest BCUT2D eigenvalue weighted by Gasteiger charge is 2.38. The molecule has 1 unspecified atom stereocenters. The van der Waals surface area contributed by atoms with Gasteiger partial charge < -0.3 is 15.4 Å². The molecule has 3 aliphatic rings. The standard InChI is InChI=1S/C17H22N2O2/c18-15-3-1-13-9-19(10-14(13)8-15)17(20)12-2-4-16-11(7-12)5-6-21-16/h2,4,7,13-15H,1,3,5-6,8-10,18H2/t13-,14+,15?/m1/s1. The minimum atomic E-state index is 0.174. The largest absolute Gasteiger partial charge is 0.493 e. The number of ether oxygens (including phenoxy) is 1. The van der Waals surface area contributed by atoms with Crippen LogP contribution in [-0.2, 0) is 6.42 Å². The van der Waals surface area contributed by atoms with Gasteiger partial charge in [0.1, 0.15) is 5.75 Å². The van der Waals surface area contributed by atoms with E-state index in [1.807, 2.05) is 23.1 Å². The van der Waals surface area contributed by atoms with Crippen LogP contribution in [0.15, 0.2) is 18.2 Å². The summed E-state index contributed by atoms with van der Waals surface area (Å²) >= 11 is 0. The van der Waals surface area contributed by atoms with Crippen molar-refractivity contribution in [3.8, 4) is 5.75 Å². The zero-order valence-corrected chi connectivity index (χ0v) is 12.3. The normalized spacial score (nSPS) is 30.7.